The Labute approximate surface area is 317 Å². The second kappa shape index (κ2) is 19.5. The number of hydrogen-bond donors (Lipinski definition) is 4. The van der Waals surface area contributed by atoms with Gasteiger partial charge in [-0.1, -0.05) is 101 Å². The average molecular weight is 759 g/mol. The van der Waals surface area contributed by atoms with Crippen LogP contribution in [0.5, 0.6) is 17.4 Å². The molecular formula is C38H46N8O7S. The van der Waals surface area contributed by atoms with Gasteiger partial charge in [0.15, 0.2) is 0 Å². The number of thioether (sulfide) groups is 1. The number of aromatic amines is 1. The molecule has 0 saturated heterocycles. The number of H-pyrrole nitrogens is 1. The van der Waals surface area contributed by atoms with Crippen LogP contribution in [-0.4, -0.2) is 64.0 Å². The predicted molar refractivity (Wildman–Crippen MR) is 204 cm³/mol. The number of aryl methyl sites for hydroxylation is 1. The molecular weight excluding hydrogens is 713 g/mol. The Kier molecular flexibility index (Phi) is 14.4. The molecule has 0 aliphatic rings. The van der Waals surface area contributed by atoms with Gasteiger partial charge in [-0.15, -0.1) is 10.2 Å². The number of unbranched alkanes of at least 4 members (excludes halogenated alkanes) is 8. The third-order valence-corrected chi connectivity index (χ3v) is 10.3. The lowest BCUT2D eigenvalue weighted by molar-refractivity contribution is -0.384. The van der Waals surface area contributed by atoms with Crippen molar-refractivity contribution in [3.05, 3.63) is 81.5 Å². The number of nitro groups is 1. The van der Waals surface area contributed by atoms with E-state index >= 15 is 0 Å². The van der Waals surface area contributed by atoms with Crippen molar-refractivity contribution in [1.82, 2.24) is 35.7 Å². The number of aliphatic carboxylic acids is 1. The number of phenolic OH excluding ortho intramolecular Hbond substituents is 1. The summed E-state index contributed by atoms with van der Waals surface area (Å²) in [6, 6.07) is 14.4. The first-order chi connectivity index (χ1) is 26.2. The van der Waals surface area contributed by atoms with Crippen LogP contribution in [0.4, 0.5) is 5.69 Å². The number of aromatic nitrogens is 6. The second-order valence-corrected chi connectivity index (χ2v) is 14.1. The number of nitro benzene ring substituents is 1. The van der Waals surface area contributed by atoms with E-state index in [1.165, 1.54) is 68.5 Å². The van der Waals surface area contributed by atoms with Crippen LogP contribution in [0.3, 0.4) is 0 Å². The van der Waals surface area contributed by atoms with Crippen molar-refractivity contribution >= 4 is 40.1 Å². The van der Waals surface area contributed by atoms with Crippen molar-refractivity contribution in [2.75, 3.05) is 6.54 Å². The minimum atomic E-state index is -1.07. The van der Waals surface area contributed by atoms with Crippen molar-refractivity contribution in [3.63, 3.8) is 0 Å². The SMILES string of the molecule is CCCCCCCCCCCc1nn(-c2ccc([N+](=O)[O-])cc2)c(Oc2cc(C(=O)NCCC(=O)O)c(O)c3ccccc23)c1C(CC)Sc1nn[nH]n1. The lowest BCUT2D eigenvalue weighted by atomic mass is 10.0. The maximum atomic E-state index is 13.3. The molecule has 0 spiro atoms. The van der Waals surface area contributed by atoms with Crippen LogP contribution >= 0.6 is 11.8 Å². The monoisotopic (exact) mass is 758 g/mol. The first-order valence-electron chi connectivity index (χ1n) is 18.4. The fraction of sp³-hybridized carbons (Fsp3) is 0.421. The highest BCUT2D eigenvalue weighted by molar-refractivity contribution is 7.99. The lowest BCUT2D eigenvalue weighted by Crippen LogP contribution is -2.26. The molecule has 1 amide bonds. The molecule has 286 valence electrons. The number of carbonyl (C=O) groups is 2. The third-order valence-electron chi connectivity index (χ3n) is 9.10. The summed E-state index contributed by atoms with van der Waals surface area (Å²) < 4.78 is 8.47. The second-order valence-electron chi connectivity index (χ2n) is 13.0. The summed E-state index contributed by atoms with van der Waals surface area (Å²) in [5.74, 6) is -1.45. The van der Waals surface area contributed by atoms with Gasteiger partial charge in [0, 0.05) is 34.7 Å². The Morgan fingerprint density at radius 2 is 1.69 bits per heavy atom. The van der Waals surface area contributed by atoms with Crippen molar-refractivity contribution in [2.24, 2.45) is 0 Å². The van der Waals surface area contributed by atoms with E-state index < -0.39 is 16.8 Å². The molecule has 15 nitrogen and oxygen atoms in total. The van der Waals surface area contributed by atoms with Gasteiger partial charge in [-0.05, 0) is 42.7 Å². The molecule has 0 bridgehead atoms. The Balaban J connectivity index is 1.60. The minimum Gasteiger partial charge on any atom is -0.506 e. The smallest absolute Gasteiger partial charge is 0.305 e. The molecule has 1 unspecified atom stereocenters. The van der Waals surface area contributed by atoms with E-state index in [0.717, 1.165) is 30.5 Å². The Morgan fingerprint density at radius 1 is 1.00 bits per heavy atom. The maximum absolute atomic E-state index is 13.3. The van der Waals surface area contributed by atoms with E-state index in [9.17, 15) is 24.8 Å². The van der Waals surface area contributed by atoms with Gasteiger partial charge in [0.1, 0.15) is 11.5 Å². The van der Waals surface area contributed by atoms with Gasteiger partial charge < -0.3 is 20.3 Å². The summed E-state index contributed by atoms with van der Waals surface area (Å²) in [6.07, 6.45) is 11.4. The molecule has 4 N–H and O–H groups in total. The van der Waals surface area contributed by atoms with Gasteiger partial charge in [0.05, 0.1) is 33.9 Å². The summed E-state index contributed by atoms with van der Waals surface area (Å²) in [4.78, 5) is 35.5. The number of ether oxygens (including phenoxy) is 1. The fourth-order valence-corrected chi connectivity index (χ4v) is 7.26. The van der Waals surface area contributed by atoms with Crippen LogP contribution in [0, 0.1) is 10.1 Å². The van der Waals surface area contributed by atoms with Gasteiger partial charge in [0.25, 0.3) is 11.6 Å². The molecule has 5 rings (SSSR count). The average Bonchev–Trinajstić information content (AvgIpc) is 3.82. The third kappa shape index (κ3) is 10.1. The largest absolute Gasteiger partial charge is 0.506 e. The summed E-state index contributed by atoms with van der Waals surface area (Å²) in [5, 5.41) is 55.1. The Hall–Kier alpha value is -5.51. The van der Waals surface area contributed by atoms with Crippen LogP contribution < -0.4 is 10.1 Å². The lowest BCUT2D eigenvalue weighted by Gasteiger charge is -2.19. The van der Waals surface area contributed by atoms with Gasteiger partial charge >= 0.3 is 5.97 Å². The Bertz CT molecular complexity index is 2020. The number of carboxylic acid groups (broad SMARTS) is 1. The van der Waals surface area contributed by atoms with Gasteiger partial charge in [-0.25, -0.2) is 4.68 Å². The minimum absolute atomic E-state index is 0.0781. The molecule has 54 heavy (non-hydrogen) atoms. The normalized spacial score (nSPS) is 11.8. The number of fused-ring (bicyclic) bond motifs is 1. The van der Waals surface area contributed by atoms with Crippen LogP contribution in [0.25, 0.3) is 16.5 Å². The zero-order valence-electron chi connectivity index (χ0n) is 30.5. The summed E-state index contributed by atoms with van der Waals surface area (Å²) in [5.41, 5.74) is 1.90. The molecule has 0 aliphatic carbocycles. The number of amides is 1. The number of carbonyl (C=O) groups excluding carboxylic acids is 1. The molecule has 0 aliphatic heterocycles. The Morgan fingerprint density at radius 3 is 2.31 bits per heavy atom. The van der Waals surface area contributed by atoms with Crippen molar-refractivity contribution in [1.29, 1.82) is 0 Å². The molecule has 2 heterocycles. The first-order valence-corrected chi connectivity index (χ1v) is 19.3. The summed E-state index contributed by atoms with van der Waals surface area (Å²) in [7, 11) is 0. The number of non-ortho nitro benzene ring substituents is 1. The number of tetrazole rings is 1. The highest BCUT2D eigenvalue weighted by Crippen LogP contribution is 2.46. The number of benzene rings is 3. The summed E-state index contributed by atoms with van der Waals surface area (Å²) >= 11 is 1.39. The van der Waals surface area contributed by atoms with Crippen molar-refractivity contribution in [3.8, 4) is 23.1 Å². The van der Waals surface area contributed by atoms with E-state index in [0.29, 0.717) is 40.3 Å². The predicted octanol–water partition coefficient (Wildman–Crippen LogP) is 8.47. The zero-order valence-corrected chi connectivity index (χ0v) is 31.3. The number of hydrogen-bond acceptors (Lipinski definition) is 11. The maximum Gasteiger partial charge on any atom is 0.305 e. The van der Waals surface area contributed by atoms with Crippen molar-refractivity contribution in [2.45, 2.75) is 101 Å². The topological polar surface area (TPSA) is 211 Å². The number of nitrogens with one attached hydrogen (secondary N) is 2. The van der Waals surface area contributed by atoms with Crippen LogP contribution in [0.1, 0.15) is 111 Å². The number of aromatic hydroxyl groups is 1. The highest BCUT2D eigenvalue weighted by Gasteiger charge is 2.30. The molecule has 0 radical (unpaired) electrons. The quantitative estimate of drug-likeness (QED) is 0.0227. The van der Waals surface area contributed by atoms with Gasteiger partial charge in [-0.3, -0.25) is 19.7 Å². The van der Waals surface area contributed by atoms with Gasteiger partial charge in [0.2, 0.25) is 11.0 Å². The number of rotatable bonds is 22. The zero-order chi connectivity index (χ0) is 38.5. The molecule has 3 aromatic carbocycles. The van der Waals surface area contributed by atoms with E-state index in [1.807, 2.05) is 6.92 Å². The molecule has 16 heteroatoms. The van der Waals surface area contributed by atoms with E-state index in [1.54, 1.807) is 41.1 Å². The van der Waals surface area contributed by atoms with E-state index in [4.69, 9.17) is 14.9 Å². The first kappa shape index (κ1) is 39.7. The standard InChI is InChI=1S/C38H46N8O7S/c1-3-5-6-7-8-9-10-11-12-17-30-34(32(4-2)54-38-40-43-44-41-38)37(45(42-30)25-18-20-26(21-19-25)46(51)52)53-31-24-29(36(50)39-23-22-33(47)48)35(49)28-16-14-13-15-27(28)31/h13-16,18-21,24,32,49H,3-12,17,22-23H2,1-2H3,(H,39,50)(H,47,48)(H,40,41,43,44). The molecule has 5 aromatic rings. The number of carboxylic acids is 1. The number of nitrogens with zero attached hydrogens (tertiary/aromatic N) is 6. The summed E-state index contributed by atoms with van der Waals surface area (Å²) in [6.45, 7) is 4.11. The van der Waals surface area contributed by atoms with Crippen LogP contribution in [0.2, 0.25) is 0 Å². The van der Waals surface area contributed by atoms with Crippen LogP contribution in [-0.2, 0) is 11.2 Å². The number of phenols is 1. The fourth-order valence-electron chi connectivity index (χ4n) is 6.30. The molecule has 2 aromatic heterocycles. The van der Waals surface area contributed by atoms with E-state index in [2.05, 4.69) is 32.9 Å². The molecule has 0 saturated carbocycles. The van der Waals surface area contributed by atoms with Gasteiger partial charge in [-0.2, -0.15) is 10.3 Å². The van der Waals surface area contributed by atoms with Crippen LogP contribution in [0.15, 0.2) is 59.8 Å². The van der Waals surface area contributed by atoms with Crippen molar-refractivity contribution < 1.29 is 29.5 Å². The molecule has 0 fully saturated rings. The highest BCUT2D eigenvalue weighted by atomic mass is 32.2. The van der Waals surface area contributed by atoms with E-state index in [-0.39, 0.29) is 41.0 Å². The molecule has 1 atom stereocenters.